The standard InChI is InChI=1S/C26H49N5O/c1-2-3-4-5-6-7-8-9-10-11-12-13-18-26(32)19-17-25-30(22-16-23-31(25)26)21-15-14-20-28-24-29-27/h2,17,19,24-25,32H,1,3-16,18,20-23,27H2,(H,28,29). The summed E-state index contributed by atoms with van der Waals surface area (Å²) in [6, 6.07) is 0. The Kier molecular flexibility index (Phi) is 13.9. The van der Waals surface area contributed by atoms with Crippen molar-refractivity contribution in [1.82, 2.24) is 15.2 Å². The molecular weight excluding hydrogens is 398 g/mol. The first-order valence-corrected chi connectivity index (χ1v) is 13.2. The van der Waals surface area contributed by atoms with Gasteiger partial charge in [-0.1, -0.05) is 63.5 Å². The fourth-order valence-corrected chi connectivity index (χ4v) is 5.08. The summed E-state index contributed by atoms with van der Waals surface area (Å²) in [5, 5.41) is 11.3. The summed E-state index contributed by atoms with van der Waals surface area (Å²) >= 11 is 0. The van der Waals surface area contributed by atoms with Crippen molar-refractivity contribution in [2.75, 3.05) is 26.2 Å². The van der Waals surface area contributed by atoms with E-state index >= 15 is 0 Å². The molecule has 1 fully saturated rings. The summed E-state index contributed by atoms with van der Waals surface area (Å²) < 4.78 is 0. The van der Waals surface area contributed by atoms with Crippen LogP contribution in [0.25, 0.3) is 0 Å². The molecule has 0 radical (unpaired) electrons. The number of aliphatic hydroxyl groups is 1. The molecule has 0 aromatic carbocycles. The van der Waals surface area contributed by atoms with Crippen molar-refractivity contribution in [3.63, 3.8) is 0 Å². The summed E-state index contributed by atoms with van der Waals surface area (Å²) in [6.45, 7) is 7.75. The quantitative estimate of drug-likeness (QED) is 0.0667. The Hall–Kier alpha value is -1.21. The lowest BCUT2D eigenvalue weighted by Gasteiger charge is -2.45. The maximum atomic E-state index is 11.3. The van der Waals surface area contributed by atoms with Crippen LogP contribution in [0.4, 0.5) is 0 Å². The lowest BCUT2D eigenvalue weighted by Crippen LogP contribution is -2.58. The number of nitrogens with two attached hydrogens (primary N) is 1. The van der Waals surface area contributed by atoms with Gasteiger partial charge in [0.25, 0.3) is 0 Å². The van der Waals surface area contributed by atoms with Gasteiger partial charge < -0.3 is 10.5 Å². The second-order valence-electron chi connectivity index (χ2n) is 9.51. The minimum atomic E-state index is -0.744. The zero-order valence-corrected chi connectivity index (χ0v) is 20.4. The van der Waals surface area contributed by atoms with Crippen molar-refractivity contribution >= 4 is 6.34 Å². The third-order valence-electron chi connectivity index (χ3n) is 6.92. The first kappa shape index (κ1) is 27.0. The van der Waals surface area contributed by atoms with Crippen LogP contribution >= 0.6 is 0 Å². The molecule has 6 nitrogen and oxygen atoms in total. The summed E-state index contributed by atoms with van der Waals surface area (Å²) in [6.07, 6.45) is 26.6. The molecule has 6 heteroatoms. The molecule has 0 bridgehead atoms. The fourth-order valence-electron chi connectivity index (χ4n) is 5.08. The smallest absolute Gasteiger partial charge is 0.139 e. The van der Waals surface area contributed by atoms with Crippen LogP contribution < -0.4 is 11.3 Å². The highest BCUT2D eigenvalue weighted by Crippen LogP contribution is 2.34. The van der Waals surface area contributed by atoms with Crippen LogP contribution in [0.15, 0.2) is 29.8 Å². The van der Waals surface area contributed by atoms with Gasteiger partial charge in [-0.05, 0) is 57.6 Å². The van der Waals surface area contributed by atoms with Gasteiger partial charge >= 0.3 is 0 Å². The second kappa shape index (κ2) is 16.4. The largest absolute Gasteiger partial charge is 0.372 e. The fraction of sp³-hybridized carbons (Fsp3) is 0.808. The number of hydrogen-bond donors (Lipinski definition) is 3. The van der Waals surface area contributed by atoms with Crippen LogP contribution in [0, 0.1) is 0 Å². The van der Waals surface area contributed by atoms with Crippen molar-refractivity contribution < 1.29 is 5.11 Å². The molecule has 0 spiro atoms. The molecule has 0 aromatic rings. The molecule has 1 saturated heterocycles. The van der Waals surface area contributed by atoms with Gasteiger partial charge in [0, 0.05) is 19.6 Å². The number of allylic oxidation sites excluding steroid dienone is 1. The predicted molar refractivity (Wildman–Crippen MR) is 136 cm³/mol. The predicted octanol–water partition coefficient (Wildman–Crippen LogP) is 4.72. The molecule has 2 aliphatic heterocycles. The maximum absolute atomic E-state index is 11.3. The molecule has 184 valence electrons. The molecule has 2 unspecified atom stereocenters. The van der Waals surface area contributed by atoms with E-state index in [4.69, 9.17) is 5.84 Å². The molecule has 0 saturated carbocycles. The van der Waals surface area contributed by atoms with Crippen LogP contribution in [0.2, 0.25) is 0 Å². The van der Waals surface area contributed by atoms with Crippen molar-refractivity contribution in [1.29, 1.82) is 0 Å². The lowest BCUT2D eigenvalue weighted by molar-refractivity contribution is -0.122. The van der Waals surface area contributed by atoms with E-state index in [2.05, 4.69) is 38.9 Å². The number of fused-ring (bicyclic) bond motifs is 1. The first-order valence-electron chi connectivity index (χ1n) is 13.2. The zero-order chi connectivity index (χ0) is 22.9. The molecule has 2 heterocycles. The van der Waals surface area contributed by atoms with Crippen molar-refractivity contribution in [2.24, 2.45) is 10.8 Å². The highest BCUT2D eigenvalue weighted by Gasteiger charge is 2.43. The van der Waals surface area contributed by atoms with Crippen LogP contribution in [-0.2, 0) is 0 Å². The molecule has 32 heavy (non-hydrogen) atoms. The number of hydrazine groups is 1. The molecule has 0 amide bonds. The molecule has 4 N–H and O–H groups in total. The van der Waals surface area contributed by atoms with Gasteiger partial charge in [-0.3, -0.25) is 14.8 Å². The minimum absolute atomic E-state index is 0.259. The monoisotopic (exact) mass is 447 g/mol. The van der Waals surface area contributed by atoms with E-state index < -0.39 is 5.72 Å². The topological polar surface area (TPSA) is 77.1 Å². The van der Waals surface area contributed by atoms with Gasteiger partial charge in [-0.25, -0.2) is 5.84 Å². The van der Waals surface area contributed by atoms with E-state index in [-0.39, 0.29) is 6.17 Å². The van der Waals surface area contributed by atoms with Crippen LogP contribution in [0.3, 0.4) is 0 Å². The van der Waals surface area contributed by atoms with Gasteiger partial charge in [0.2, 0.25) is 0 Å². The number of nitrogens with zero attached hydrogens (tertiary/aromatic N) is 3. The Morgan fingerprint density at radius 2 is 1.69 bits per heavy atom. The van der Waals surface area contributed by atoms with Crippen LogP contribution in [-0.4, -0.2) is 59.3 Å². The normalized spacial score (nSPS) is 23.8. The van der Waals surface area contributed by atoms with Gasteiger partial charge in [0.1, 0.15) is 5.72 Å². The third kappa shape index (κ3) is 9.74. The summed E-state index contributed by atoms with van der Waals surface area (Å²) in [4.78, 5) is 9.03. The lowest BCUT2D eigenvalue weighted by atomic mass is 10.0. The highest BCUT2D eigenvalue weighted by atomic mass is 16.3. The average molecular weight is 448 g/mol. The number of aliphatic imine (C=N–C) groups is 1. The van der Waals surface area contributed by atoms with Gasteiger partial charge in [0.05, 0.1) is 12.5 Å². The van der Waals surface area contributed by atoms with E-state index in [0.717, 1.165) is 58.3 Å². The van der Waals surface area contributed by atoms with Crippen LogP contribution in [0.5, 0.6) is 0 Å². The van der Waals surface area contributed by atoms with Gasteiger partial charge in [-0.2, -0.15) is 0 Å². The van der Waals surface area contributed by atoms with E-state index in [1.165, 1.54) is 64.2 Å². The number of nitrogens with one attached hydrogen (secondary N) is 1. The molecule has 2 rings (SSSR count). The third-order valence-corrected chi connectivity index (χ3v) is 6.92. The first-order chi connectivity index (χ1) is 15.7. The molecule has 2 aliphatic rings. The molecule has 2 atom stereocenters. The van der Waals surface area contributed by atoms with E-state index in [1.54, 1.807) is 6.34 Å². The van der Waals surface area contributed by atoms with Crippen molar-refractivity contribution in [2.45, 2.75) is 108 Å². The van der Waals surface area contributed by atoms with Crippen molar-refractivity contribution in [3.05, 3.63) is 24.8 Å². The Bertz CT molecular complexity index is 552. The van der Waals surface area contributed by atoms with Crippen LogP contribution in [0.1, 0.15) is 96.3 Å². The Morgan fingerprint density at radius 3 is 2.38 bits per heavy atom. The Labute approximate surface area is 197 Å². The summed E-state index contributed by atoms with van der Waals surface area (Å²) in [5.74, 6) is 5.19. The Morgan fingerprint density at radius 1 is 1.00 bits per heavy atom. The summed E-state index contributed by atoms with van der Waals surface area (Å²) in [5.41, 5.74) is 1.70. The van der Waals surface area contributed by atoms with E-state index in [1.807, 2.05) is 6.08 Å². The number of rotatable bonds is 19. The maximum Gasteiger partial charge on any atom is 0.139 e. The highest BCUT2D eigenvalue weighted by molar-refractivity contribution is 5.52. The van der Waals surface area contributed by atoms with E-state index in [9.17, 15) is 5.11 Å². The molecule has 0 aromatic heterocycles. The second-order valence-corrected chi connectivity index (χ2v) is 9.51. The van der Waals surface area contributed by atoms with E-state index in [0.29, 0.717) is 0 Å². The summed E-state index contributed by atoms with van der Waals surface area (Å²) in [7, 11) is 0. The minimum Gasteiger partial charge on any atom is -0.372 e. The molecule has 0 aliphatic carbocycles. The number of hydrogen-bond acceptors (Lipinski definition) is 5. The zero-order valence-electron chi connectivity index (χ0n) is 20.4. The van der Waals surface area contributed by atoms with Crippen molar-refractivity contribution in [3.8, 4) is 0 Å². The number of unbranched alkanes of at least 4 members (excludes halogenated alkanes) is 11. The van der Waals surface area contributed by atoms with Gasteiger partial charge in [-0.15, -0.1) is 6.58 Å². The van der Waals surface area contributed by atoms with Gasteiger partial charge in [0.15, 0.2) is 0 Å². The molecular formula is C26H49N5O. The SMILES string of the molecule is C=CCCCCCCCCCCCCC1(O)C=CC2N(CCCCN=CNN)CCCN21. The average Bonchev–Trinajstić information content (AvgIpc) is 3.14. The Balaban J connectivity index is 1.55.